The van der Waals surface area contributed by atoms with Crippen LogP contribution in [-0.2, 0) is 4.79 Å². The van der Waals surface area contributed by atoms with Gasteiger partial charge in [-0.25, -0.2) is 0 Å². The van der Waals surface area contributed by atoms with Crippen molar-refractivity contribution < 1.29 is 14.4 Å². The Kier molecular flexibility index (Phi) is 7.71. The third kappa shape index (κ3) is 6.85. The molecule has 148 valence electrons. The molecule has 2 aromatic carbocycles. The van der Waals surface area contributed by atoms with Gasteiger partial charge in [0.2, 0.25) is 5.91 Å². The smallest absolute Gasteiger partial charge is 0.255 e. The molecular weight excluding hydrogens is 356 g/mol. The molecule has 0 aromatic heterocycles. The van der Waals surface area contributed by atoms with Gasteiger partial charge in [-0.05, 0) is 69.5 Å². The first kappa shape index (κ1) is 21.1. The van der Waals surface area contributed by atoms with Crippen molar-refractivity contribution >= 4 is 29.1 Å². The fourth-order valence-electron chi connectivity index (χ4n) is 2.55. The molecule has 0 atom stereocenters. The van der Waals surface area contributed by atoms with Crippen LogP contribution in [0.1, 0.15) is 34.1 Å². The number of hydrogen-bond donors (Lipinski definition) is 3. The third-order valence-corrected chi connectivity index (χ3v) is 3.92. The summed E-state index contributed by atoms with van der Waals surface area (Å²) in [5.74, 6) is -0.634. The van der Waals surface area contributed by atoms with Gasteiger partial charge in [-0.2, -0.15) is 0 Å². The lowest BCUT2D eigenvalue weighted by Gasteiger charge is -2.10. The molecule has 0 fully saturated rings. The van der Waals surface area contributed by atoms with E-state index in [-0.39, 0.29) is 17.7 Å². The molecule has 0 bridgehead atoms. The summed E-state index contributed by atoms with van der Waals surface area (Å²) in [5, 5.41) is 8.31. The van der Waals surface area contributed by atoms with Gasteiger partial charge in [0.25, 0.3) is 11.8 Å². The number of rotatable bonds is 8. The quantitative estimate of drug-likeness (QED) is 0.612. The molecule has 2 aromatic rings. The Labute approximate surface area is 165 Å². The minimum atomic E-state index is -0.294. The van der Waals surface area contributed by atoms with Gasteiger partial charge < -0.3 is 20.9 Å². The number of hydrogen-bond acceptors (Lipinski definition) is 4. The average molecular weight is 382 g/mol. The Balaban J connectivity index is 1.92. The molecule has 0 heterocycles. The maximum atomic E-state index is 12.4. The van der Waals surface area contributed by atoms with Crippen LogP contribution in [-0.4, -0.2) is 49.8 Å². The molecular formula is C21H26N4O3. The molecule has 28 heavy (non-hydrogen) atoms. The van der Waals surface area contributed by atoms with E-state index < -0.39 is 0 Å². The van der Waals surface area contributed by atoms with Crippen LogP contribution in [0.3, 0.4) is 0 Å². The van der Waals surface area contributed by atoms with Crippen molar-refractivity contribution in [2.45, 2.75) is 13.3 Å². The van der Waals surface area contributed by atoms with Crippen molar-refractivity contribution in [3.8, 4) is 0 Å². The van der Waals surface area contributed by atoms with Crippen molar-refractivity contribution in [2.75, 3.05) is 37.8 Å². The van der Waals surface area contributed by atoms with Gasteiger partial charge >= 0.3 is 0 Å². The largest absolute Gasteiger partial charge is 0.352 e. The van der Waals surface area contributed by atoms with Crippen LogP contribution in [0.15, 0.2) is 48.5 Å². The van der Waals surface area contributed by atoms with E-state index in [2.05, 4.69) is 20.9 Å². The Morgan fingerprint density at radius 1 is 0.857 bits per heavy atom. The normalized spacial score (nSPS) is 10.4. The molecule has 0 radical (unpaired) electrons. The Morgan fingerprint density at radius 2 is 1.43 bits per heavy atom. The topological polar surface area (TPSA) is 90.5 Å². The van der Waals surface area contributed by atoms with Gasteiger partial charge in [0.05, 0.1) is 0 Å². The van der Waals surface area contributed by atoms with Crippen LogP contribution in [0.5, 0.6) is 0 Å². The van der Waals surface area contributed by atoms with Crippen molar-refractivity contribution in [3.05, 3.63) is 59.7 Å². The first-order valence-corrected chi connectivity index (χ1v) is 9.07. The monoisotopic (exact) mass is 382 g/mol. The van der Waals surface area contributed by atoms with E-state index in [0.717, 1.165) is 13.0 Å². The van der Waals surface area contributed by atoms with Crippen molar-refractivity contribution in [3.63, 3.8) is 0 Å². The summed E-state index contributed by atoms with van der Waals surface area (Å²) in [7, 11) is 3.98. The molecule has 0 saturated carbocycles. The summed E-state index contributed by atoms with van der Waals surface area (Å²) in [5.41, 5.74) is 2.12. The van der Waals surface area contributed by atoms with E-state index in [9.17, 15) is 14.4 Å². The van der Waals surface area contributed by atoms with Crippen LogP contribution < -0.4 is 16.0 Å². The van der Waals surface area contributed by atoms with Gasteiger partial charge in [-0.15, -0.1) is 0 Å². The van der Waals surface area contributed by atoms with Gasteiger partial charge in [0.15, 0.2) is 0 Å². The van der Waals surface area contributed by atoms with Gasteiger partial charge in [0, 0.05) is 36.0 Å². The lowest BCUT2D eigenvalue weighted by Crippen LogP contribution is -2.27. The Hall–Kier alpha value is -3.19. The van der Waals surface area contributed by atoms with Crippen molar-refractivity contribution in [1.29, 1.82) is 0 Å². The number of nitrogens with one attached hydrogen (secondary N) is 3. The summed E-state index contributed by atoms with van der Waals surface area (Å²) in [6.07, 6.45) is 0.872. The number of nitrogens with zero attached hydrogens (tertiary/aromatic N) is 1. The van der Waals surface area contributed by atoms with Gasteiger partial charge in [0.1, 0.15) is 0 Å². The minimum Gasteiger partial charge on any atom is -0.352 e. The Morgan fingerprint density at radius 3 is 2.00 bits per heavy atom. The summed E-state index contributed by atoms with van der Waals surface area (Å²) in [6.45, 7) is 2.93. The second-order valence-electron chi connectivity index (χ2n) is 6.71. The molecule has 0 aliphatic heterocycles. The van der Waals surface area contributed by atoms with Crippen molar-refractivity contribution in [1.82, 2.24) is 10.2 Å². The van der Waals surface area contributed by atoms with E-state index in [1.807, 2.05) is 14.1 Å². The third-order valence-electron chi connectivity index (χ3n) is 3.92. The molecule has 0 aliphatic carbocycles. The maximum Gasteiger partial charge on any atom is 0.255 e. The Bertz CT molecular complexity index is 832. The number of anilines is 2. The number of carbonyl (C=O) groups excluding carboxylic acids is 3. The maximum absolute atomic E-state index is 12.4. The van der Waals surface area contributed by atoms with Crippen LogP contribution in [0.4, 0.5) is 11.4 Å². The SMILES string of the molecule is CC(=O)Nc1cccc(NC(=O)c2ccc(C(=O)NCCCN(C)C)cc2)c1. The van der Waals surface area contributed by atoms with Gasteiger partial charge in [-0.1, -0.05) is 6.07 Å². The summed E-state index contributed by atoms with van der Waals surface area (Å²) < 4.78 is 0. The molecule has 0 unspecified atom stereocenters. The molecule has 0 aliphatic rings. The summed E-state index contributed by atoms with van der Waals surface area (Å²) in [6, 6.07) is 13.4. The van der Waals surface area contributed by atoms with E-state index >= 15 is 0 Å². The number of amides is 3. The molecule has 2 rings (SSSR count). The van der Waals surface area contributed by atoms with Crippen LogP contribution in [0.2, 0.25) is 0 Å². The highest BCUT2D eigenvalue weighted by Gasteiger charge is 2.09. The standard InChI is InChI=1S/C21H26N4O3/c1-15(26)23-18-6-4-7-19(14-18)24-21(28)17-10-8-16(9-11-17)20(27)22-12-5-13-25(2)3/h4,6-11,14H,5,12-13H2,1-3H3,(H,22,27)(H,23,26)(H,24,28). The summed E-state index contributed by atoms with van der Waals surface area (Å²) >= 11 is 0. The van der Waals surface area contributed by atoms with Gasteiger partial charge in [-0.3, -0.25) is 14.4 Å². The predicted molar refractivity (Wildman–Crippen MR) is 111 cm³/mol. The van der Waals surface area contributed by atoms with Crippen LogP contribution in [0.25, 0.3) is 0 Å². The summed E-state index contributed by atoms with van der Waals surface area (Å²) in [4.78, 5) is 37.7. The minimum absolute atomic E-state index is 0.159. The van der Waals surface area contributed by atoms with Crippen LogP contribution in [0, 0.1) is 0 Å². The van der Waals surface area contributed by atoms with E-state index in [4.69, 9.17) is 0 Å². The second-order valence-corrected chi connectivity index (χ2v) is 6.71. The number of carbonyl (C=O) groups is 3. The molecule has 3 amide bonds. The molecule has 0 saturated heterocycles. The first-order chi connectivity index (χ1) is 13.3. The highest BCUT2D eigenvalue weighted by Crippen LogP contribution is 2.16. The zero-order chi connectivity index (χ0) is 20.5. The zero-order valence-electron chi connectivity index (χ0n) is 16.4. The highest BCUT2D eigenvalue weighted by molar-refractivity contribution is 6.05. The average Bonchev–Trinajstić information content (AvgIpc) is 2.64. The fraction of sp³-hybridized carbons (Fsp3) is 0.286. The molecule has 7 heteroatoms. The molecule has 0 spiro atoms. The molecule has 3 N–H and O–H groups in total. The lowest BCUT2D eigenvalue weighted by atomic mass is 10.1. The molecule has 7 nitrogen and oxygen atoms in total. The highest BCUT2D eigenvalue weighted by atomic mass is 16.2. The predicted octanol–water partition coefficient (Wildman–Crippen LogP) is 2.58. The fourth-order valence-corrected chi connectivity index (χ4v) is 2.55. The second kappa shape index (κ2) is 10.2. The van der Waals surface area contributed by atoms with E-state index in [1.54, 1.807) is 48.5 Å². The lowest BCUT2D eigenvalue weighted by molar-refractivity contribution is -0.114. The van der Waals surface area contributed by atoms with E-state index in [1.165, 1.54) is 6.92 Å². The van der Waals surface area contributed by atoms with Crippen LogP contribution >= 0.6 is 0 Å². The first-order valence-electron chi connectivity index (χ1n) is 9.07. The zero-order valence-corrected chi connectivity index (χ0v) is 16.4. The van der Waals surface area contributed by atoms with Crippen molar-refractivity contribution in [2.24, 2.45) is 0 Å². The number of benzene rings is 2. The van der Waals surface area contributed by atoms with E-state index in [0.29, 0.717) is 29.0 Å².